The maximum Gasteiger partial charge on any atom is 0.306 e. The summed E-state index contributed by atoms with van der Waals surface area (Å²) in [7, 11) is 0. The third-order valence-electron chi connectivity index (χ3n) is 13.8. The second-order valence-corrected chi connectivity index (χ2v) is 20.8. The van der Waals surface area contributed by atoms with Gasteiger partial charge in [-0.05, 0) is 103 Å². The minimum absolute atomic E-state index is 0.0352. The van der Waals surface area contributed by atoms with Gasteiger partial charge in [0.15, 0.2) is 12.6 Å². The molecule has 0 amide bonds. The van der Waals surface area contributed by atoms with Crippen LogP contribution in [0, 0.1) is 0 Å². The zero-order valence-electron chi connectivity index (χ0n) is 48.6. The van der Waals surface area contributed by atoms with E-state index in [2.05, 4.69) is 123 Å². The summed E-state index contributed by atoms with van der Waals surface area (Å²) in [6, 6.07) is 0. The summed E-state index contributed by atoms with van der Waals surface area (Å²) >= 11 is 0. The molecule has 14 heteroatoms. The van der Waals surface area contributed by atoms with Gasteiger partial charge < -0.3 is 64.2 Å². The van der Waals surface area contributed by atoms with Crippen molar-refractivity contribution in [2.45, 2.75) is 261 Å². The zero-order chi connectivity index (χ0) is 57.2. The molecule has 14 nitrogen and oxygen atoms in total. The van der Waals surface area contributed by atoms with Crippen molar-refractivity contribution in [1.29, 1.82) is 0 Å². The topological polar surface area (TPSA) is 214 Å². The van der Waals surface area contributed by atoms with Crippen LogP contribution in [0.25, 0.3) is 0 Å². The Hall–Kier alpha value is -3.35. The molecule has 0 spiro atoms. The van der Waals surface area contributed by atoms with E-state index in [-0.39, 0.29) is 19.6 Å². The first-order valence-electron chi connectivity index (χ1n) is 30.5. The fourth-order valence-electron chi connectivity index (χ4n) is 8.88. The largest absolute Gasteiger partial charge is 0.457 e. The first-order chi connectivity index (χ1) is 38.6. The zero-order valence-corrected chi connectivity index (χ0v) is 48.6. The molecule has 0 bridgehead atoms. The molecule has 7 N–H and O–H groups in total. The lowest BCUT2D eigenvalue weighted by Gasteiger charge is -2.42. The first kappa shape index (κ1) is 71.8. The smallest absolute Gasteiger partial charge is 0.306 e. The van der Waals surface area contributed by atoms with Gasteiger partial charge in [0.1, 0.15) is 54.9 Å². The van der Waals surface area contributed by atoms with Crippen LogP contribution in [-0.2, 0) is 33.2 Å². The van der Waals surface area contributed by atoms with Crippen molar-refractivity contribution in [3.05, 3.63) is 109 Å². The van der Waals surface area contributed by atoms with Crippen LogP contribution < -0.4 is 0 Å². The molecule has 0 radical (unpaired) electrons. The number of carbonyl (C=O) groups excluding carboxylic acids is 1. The van der Waals surface area contributed by atoms with Crippen LogP contribution in [-0.4, -0.2) is 142 Å². The number of aliphatic hydroxyl groups excluding tert-OH is 7. The van der Waals surface area contributed by atoms with Crippen molar-refractivity contribution >= 4 is 5.97 Å². The van der Waals surface area contributed by atoms with E-state index in [4.69, 9.17) is 28.4 Å². The molecule has 0 aromatic rings. The maximum atomic E-state index is 13.1. The number of hydrogen-bond acceptors (Lipinski definition) is 14. The summed E-state index contributed by atoms with van der Waals surface area (Å²) in [5.74, 6) is -0.400. The summed E-state index contributed by atoms with van der Waals surface area (Å²) in [5, 5.41) is 72.4. The lowest BCUT2D eigenvalue weighted by Crippen LogP contribution is -2.61. The Balaban J connectivity index is 1.73. The Labute approximate surface area is 476 Å². The average Bonchev–Trinajstić information content (AvgIpc) is 3.46. The predicted molar refractivity (Wildman–Crippen MR) is 316 cm³/mol. The van der Waals surface area contributed by atoms with Gasteiger partial charge in [-0.1, -0.05) is 194 Å². The number of rotatable bonds is 48. The van der Waals surface area contributed by atoms with Crippen LogP contribution in [0.4, 0.5) is 0 Å². The van der Waals surface area contributed by atoms with Crippen molar-refractivity contribution in [1.82, 2.24) is 0 Å². The fourth-order valence-corrected chi connectivity index (χ4v) is 8.88. The number of ether oxygens (including phenoxy) is 6. The summed E-state index contributed by atoms with van der Waals surface area (Å²) in [6.07, 6.45) is 52.8. The molecule has 0 aromatic carbocycles. The Bertz CT molecular complexity index is 1720. The second kappa shape index (κ2) is 50.4. The standard InChI is InChI=1S/C65H108O14/c1-3-5-7-9-11-13-15-17-19-21-23-25-26-27-29-31-33-35-37-39-41-43-45-47-49-74-51-54(52-75-64-63(73)61(71)59(69)56(79-64)53-76-65-62(72)60(70)58(68)55(50-66)78-65)77-57(67)48-46-44-42-40-38-36-34-32-30-28-24-22-20-18-16-14-12-10-8-6-4-2/h5,7,11,13,16-19,22-25,27,29-30,32-33,35,54-56,58-66,68-73H,3-4,6,8-10,12,14-15,20-21,26,28,31,34,36-53H2,1-2H3/b7-5-,13-11-,18-16-,19-17-,24-22-,25-23-,29-27-,32-30-,35-33-. The fraction of sp³-hybridized carbons (Fsp3) is 0.708. The lowest BCUT2D eigenvalue weighted by atomic mass is 9.98. The quantitative estimate of drug-likeness (QED) is 0.0172. The van der Waals surface area contributed by atoms with Crippen LogP contribution >= 0.6 is 0 Å². The number of allylic oxidation sites excluding steroid dienone is 18. The van der Waals surface area contributed by atoms with Crippen molar-refractivity contribution in [3.8, 4) is 0 Å². The van der Waals surface area contributed by atoms with E-state index in [1.165, 1.54) is 38.5 Å². The lowest BCUT2D eigenvalue weighted by molar-refractivity contribution is -0.332. The first-order valence-corrected chi connectivity index (χ1v) is 30.5. The summed E-state index contributed by atoms with van der Waals surface area (Å²) in [4.78, 5) is 13.1. The molecule has 2 aliphatic rings. The van der Waals surface area contributed by atoms with Crippen molar-refractivity contribution < 1.29 is 69.0 Å². The molecule has 11 atom stereocenters. The monoisotopic (exact) mass is 1110 g/mol. The van der Waals surface area contributed by atoms with Crippen molar-refractivity contribution in [2.24, 2.45) is 0 Å². The molecule has 79 heavy (non-hydrogen) atoms. The highest BCUT2D eigenvalue weighted by Gasteiger charge is 2.47. The molecule has 0 saturated carbocycles. The van der Waals surface area contributed by atoms with E-state index in [1.807, 2.05) is 0 Å². The Morgan fingerprint density at radius 1 is 0.430 bits per heavy atom. The molecule has 0 aromatic heterocycles. The highest BCUT2D eigenvalue weighted by Crippen LogP contribution is 2.26. The molecule has 2 saturated heterocycles. The van der Waals surface area contributed by atoms with E-state index in [0.717, 1.165) is 128 Å². The van der Waals surface area contributed by atoms with Gasteiger partial charge >= 0.3 is 5.97 Å². The van der Waals surface area contributed by atoms with E-state index in [9.17, 15) is 40.5 Å². The van der Waals surface area contributed by atoms with Crippen LogP contribution in [0.15, 0.2) is 109 Å². The van der Waals surface area contributed by atoms with Crippen molar-refractivity contribution in [2.75, 3.05) is 33.0 Å². The van der Waals surface area contributed by atoms with E-state index >= 15 is 0 Å². The van der Waals surface area contributed by atoms with E-state index < -0.39 is 86.7 Å². The van der Waals surface area contributed by atoms with Crippen LogP contribution in [0.3, 0.4) is 0 Å². The van der Waals surface area contributed by atoms with Crippen LogP contribution in [0.5, 0.6) is 0 Å². The summed E-state index contributed by atoms with van der Waals surface area (Å²) in [5.41, 5.74) is 0. The van der Waals surface area contributed by atoms with Gasteiger partial charge in [0, 0.05) is 13.0 Å². The normalized spacial score (nSPS) is 24.8. The Kier molecular flexibility index (Phi) is 45.8. The average molecular weight is 1110 g/mol. The predicted octanol–water partition coefficient (Wildman–Crippen LogP) is 11.5. The molecule has 0 aliphatic carbocycles. The number of unbranched alkanes of at least 4 members (excludes halogenated alkanes) is 16. The number of esters is 1. The molecule has 11 unspecified atom stereocenters. The SMILES string of the molecule is CC/C=C\C/C=C\C/C=C\C/C=C\C/C=C\C/C=C\CCCCCCCOCC(COC1OC(COC2OC(CO)C(O)C(O)C2O)C(O)C(O)C1O)OC(=O)CCCCCCCC/C=C\C/C=C\C/C=C\CCCCCCC. The number of carbonyl (C=O) groups is 1. The molecular weight excluding hydrogens is 1000 g/mol. The van der Waals surface area contributed by atoms with Gasteiger partial charge in [0.25, 0.3) is 0 Å². The number of hydrogen-bond donors (Lipinski definition) is 7. The van der Waals surface area contributed by atoms with Gasteiger partial charge in [0.05, 0.1) is 26.4 Å². The highest BCUT2D eigenvalue weighted by molar-refractivity contribution is 5.69. The van der Waals surface area contributed by atoms with E-state index in [1.54, 1.807) is 0 Å². The third kappa shape index (κ3) is 36.7. The van der Waals surface area contributed by atoms with Gasteiger partial charge in [0.2, 0.25) is 0 Å². The molecule has 2 aliphatic heterocycles. The van der Waals surface area contributed by atoms with E-state index in [0.29, 0.717) is 13.0 Å². The minimum atomic E-state index is -1.72. The number of aliphatic hydroxyl groups is 7. The van der Waals surface area contributed by atoms with Gasteiger partial charge in [-0.3, -0.25) is 4.79 Å². The van der Waals surface area contributed by atoms with Crippen LogP contribution in [0.2, 0.25) is 0 Å². The Morgan fingerprint density at radius 2 is 0.823 bits per heavy atom. The summed E-state index contributed by atoms with van der Waals surface area (Å²) in [6.45, 7) is 3.48. The highest BCUT2D eigenvalue weighted by atomic mass is 16.7. The van der Waals surface area contributed by atoms with Gasteiger partial charge in [-0.25, -0.2) is 0 Å². The van der Waals surface area contributed by atoms with Crippen molar-refractivity contribution in [3.63, 3.8) is 0 Å². The molecular formula is C65H108O14. The molecule has 2 fully saturated rings. The van der Waals surface area contributed by atoms with Gasteiger partial charge in [-0.15, -0.1) is 0 Å². The summed E-state index contributed by atoms with van der Waals surface area (Å²) < 4.78 is 34.4. The molecule has 2 rings (SSSR count). The third-order valence-corrected chi connectivity index (χ3v) is 13.8. The maximum absolute atomic E-state index is 13.1. The molecule has 452 valence electrons. The second-order valence-electron chi connectivity index (χ2n) is 20.8. The molecule has 2 heterocycles. The Morgan fingerprint density at radius 3 is 1.29 bits per heavy atom. The van der Waals surface area contributed by atoms with Crippen LogP contribution in [0.1, 0.15) is 194 Å². The van der Waals surface area contributed by atoms with Gasteiger partial charge in [-0.2, -0.15) is 0 Å². The minimum Gasteiger partial charge on any atom is -0.457 e.